The van der Waals surface area contributed by atoms with Crippen molar-refractivity contribution in [2.75, 3.05) is 32.9 Å². The van der Waals surface area contributed by atoms with E-state index >= 15 is 0 Å². The molecule has 0 saturated heterocycles. The van der Waals surface area contributed by atoms with Crippen molar-refractivity contribution >= 4 is 29.8 Å². The van der Waals surface area contributed by atoms with E-state index in [-0.39, 0.29) is 40.6 Å². The Kier molecular flexibility index (Phi) is 7.91. The van der Waals surface area contributed by atoms with Crippen molar-refractivity contribution in [2.45, 2.75) is 71.8 Å². The number of hydrogen-bond acceptors (Lipinski definition) is 5. The van der Waals surface area contributed by atoms with Crippen LogP contribution in [0.3, 0.4) is 0 Å². The normalized spacial score (nSPS) is 37.8. The maximum absolute atomic E-state index is 14.0. The summed E-state index contributed by atoms with van der Waals surface area (Å²) in [6.07, 6.45) is 10.8. The largest absolute Gasteiger partial charge is 0.349 e. The molecule has 8 heteroatoms. The molecule has 0 spiro atoms. The number of carbonyl (C=O) groups is 3. The summed E-state index contributed by atoms with van der Waals surface area (Å²) in [5.74, 6) is 2.32. The first-order valence-electron chi connectivity index (χ1n) is 13.5. The van der Waals surface area contributed by atoms with Crippen LogP contribution in [-0.4, -0.2) is 66.6 Å². The topological polar surface area (TPSA) is 81.8 Å². The molecule has 7 nitrogen and oxygen atoms in total. The molecule has 0 radical (unpaired) electrons. The molecule has 0 aromatic rings. The summed E-state index contributed by atoms with van der Waals surface area (Å²) in [6.45, 7) is 7.95. The van der Waals surface area contributed by atoms with Crippen molar-refractivity contribution in [3.63, 3.8) is 0 Å². The van der Waals surface area contributed by atoms with Crippen LogP contribution in [0.15, 0.2) is 12.2 Å². The van der Waals surface area contributed by atoms with Gasteiger partial charge in [-0.3, -0.25) is 19.2 Å². The fourth-order valence-electron chi connectivity index (χ4n) is 7.97. The minimum Gasteiger partial charge on any atom is -0.349 e. The summed E-state index contributed by atoms with van der Waals surface area (Å²) >= 11 is 1.35. The van der Waals surface area contributed by atoms with Crippen molar-refractivity contribution in [3.8, 4) is 0 Å². The summed E-state index contributed by atoms with van der Waals surface area (Å²) in [4.78, 5) is 42.6. The Bertz CT molecular complexity index is 863. The number of nitrogens with zero attached hydrogens (tertiary/aromatic N) is 2. The molecular formula is C27H44N4O3S. The number of carbonyl (C=O) groups excluding carboxylic acids is 3. The average molecular weight is 505 g/mol. The maximum atomic E-state index is 14.0. The third kappa shape index (κ3) is 4.89. The van der Waals surface area contributed by atoms with Crippen LogP contribution >= 0.6 is 11.9 Å². The van der Waals surface area contributed by atoms with E-state index in [1.807, 2.05) is 21.0 Å². The second kappa shape index (κ2) is 10.4. The summed E-state index contributed by atoms with van der Waals surface area (Å²) in [7, 11) is 4.03. The molecule has 2 N–H and O–H groups in total. The molecule has 0 aromatic heterocycles. The molecule has 4 aliphatic rings. The van der Waals surface area contributed by atoms with Gasteiger partial charge in [0.2, 0.25) is 11.8 Å². The molecule has 0 unspecified atom stereocenters. The van der Waals surface area contributed by atoms with Crippen LogP contribution in [0.1, 0.15) is 65.7 Å². The lowest BCUT2D eigenvalue weighted by Gasteiger charge is -2.58. The molecule has 7 atom stereocenters. The number of amides is 4. The van der Waals surface area contributed by atoms with Gasteiger partial charge in [-0.05, 0) is 107 Å². The Morgan fingerprint density at radius 3 is 2.60 bits per heavy atom. The van der Waals surface area contributed by atoms with Crippen LogP contribution in [0.4, 0.5) is 4.79 Å². The number of urea groups is 1. The monoisotopic (exact) mass is 504 g/mol. The highest BCUT2D eigenvalue weighted by atomic mass is 32.2. The van der Waals surface area contributed by atoms with E-state index in [2.05, 4.69) is 34.9 Å². The predicted molar refractivity (Wildman–Crippen MR) is 140 cm³/mol. The first kappa shape index (κ1) is 26.5. The van der Waals surface area contributed by atoms with Gasteiger partial charge in [0.1, 0.15) is 0 Å². The molecule has 0 aromatic carbocycles. The Labute approximate surface area is 215 Å². The van der Waals surface area contributed by atoms with Gasteiger partial charge in [0, 0.05) is 29.7 Å². The van der Waals surface area contributed by atoms with E-state index in [9.17, 15) is 14.4 Å². The highest BCUT2D eigenvalue weighted by Crippen LogP contribution is 2.65. The first-order valence-corrected chi connectivity index (χ1v) is 14.5. The minimum absolute atomic E-state index is 0.00424. The van der Waals surface area contributed by atoms with Gasteiger partial charge in [0.05, 0.1) is 0 Å². The van der Waals surface area contributed by atoms with Gasteiger partial charge in [-0.15, -0.1) is 0 Å². The molecule has 4 amide bonds. The zero-order chi connectivity index (χ0) is 25.4. The van der Waals surface area contributed by atoms with Crippen molar-refractivity contribution in [1.29, 1.82) is 0 Å². The maximum Gasteiger partial charge on any atom is 0.334 e. The SMILES string of the molecule is CCSNC(=O)N(CCCN(C)C)C(=O)[C@H]1CC[C@H]2[C@@H]3CC[C@H]4NC(=O)C=C[C@]4(C)[C@H]3CC[C@]12C. The van der Waals surface area contributed by atoms with E-state index in [0.29, 0.717) is 24.3 Å². The zero-order valence-electron chi connectivity index (χ0n) is 22.1. The van der Waals surface area contributed by atoms with Crippen LogP contribution in [-0.2, 0) is 9.59 Å². The molecule has 0 bridgehead atoms. The molecular weight excluding hydrogens is 460 g/mol. The summed E-state index contributed by atoms with van der Waals surface area (Å²) in [5.41, 5.74) is -0.0726. The van der Waals surface area contributed by atoms with Crippen molar-refractivity contribution in [3.05, 3.63) is 12.2 Å². The Morgan fingerprint density at radius 1 is 1.11 bits per heavy atom. The number of rotatable bonds is 7. The van der Waals surface area contributed by atoms with Crippen LogP contribution < -0.4 is 10.0 Å². The first-order chi connectivity index (χ1) is 16.6. The molecule has 1 aliphatic heterocycles. The van der Waals surface area contributed by atoms with E-state index in [0.717, 1.165) is 57.2 Å². The standard InChI is InChI=1S/C27H44N4O3S/c1-6-35-29-25(34)31(17-7-16-30(4)5)24(33)21-10-9-19-18-8-11-22-27(3,15-13-23(32)28-22)20(18)12-14-26(19,21)2/h13,15,18-22H,6-12,14,16-17H2,1-5H3,(H,28,32)(H,29,34)/t18-,19-,20-,21+,22+,26-,27+/m0/s1. The molecule has 196 valence electrons. The van der Waals surface area contributed by atoms with Crippen molar-refractivity contribution < 1.29 is 14.4 Å². The Morgan fingerprint density at radius 2 is 1.89 bits per heavy atom. The van der Waals surface area contributed by atoms with Crippen molar-refractivity contribution in [1.82, 2.24) is 19.8 Å². The number of imide groups is 1. The fraction of sp³-hybridized carbons (Fsp3) is 0.815. The van der Waals surface area contributed by atoms with Crippen LogP contribution in [0, 0.1) is 34.5 Å². The second-order valence-corrected chi connectivity index (χ2v) is 12.9. The Balaban J connectivity index is 1.52. The van der Waals surface area contributed by atoms with E-state index in [4.69, 9.17) is 0 Å². The second-order valence-electron chi connectivity index (χ2n) is 11.9. The lowest BCUT2D eigenvalue weighted by atomic mass is 9.48. The van der Waals surface area contributed by atoms with Gasteiger partial charge in [-0.1, -0.05) is 26.8 Å². The van der Waals surface area contributed by atoms with E-state index < -0.39 is 0 Å². The molecule has 3 saturated carbocycles. The third-order valence-corrected chi connectivity index (χ3v) is 10.4. The quantitative estimate of drug-likeness (QED) is 0.511. The van der Waals surface area contributed by atoms with Crippen LogP contribution in [0.25, 0.3) is 0 Å². The van der Waals surface area contributed by atoms with Crippen molar-refractivity contribution in [2.24, 2.45) is 34.5 Å². The predicted octanol–water partition coefficient (Wildman–Crippen LogP) is 4.06. The molecule has 3 fully saturated rings. The van der Waals surface area contributed by atoms with Gasteiger partial charge in [-0.25, -0.2) is 4.79 Å². The number of fused-ring (bicyclic) bond motifs is 5. The lowest BCUT2D eigenvalue weighted by Crippen LogP contribution is -2.59. The highest BCUT2D eigenvalue weighted by molar-refractivity contribution is 7.97. The summed E-state index contributed by atoms with van der Waals surface area (Å²) in [5, 5.41) is 3.22. The minimum atomic E-state index is -0.266. The van der Waals surface area contributed by atoms with Gasteiger partial charge < -0.3 is 10.2 Å². The van der Waals surface area contributed by atoms with E-state index in [1.165, 1.54) is 16.8 Å². The van der Waals surface area contributed by atoms with Gasteiger partial charge in [0.15, 0.2) is 0 Å². The van der Waals surface area contributed by atoms with E-state index in [1.54, 1.807) is 6.08 Å². The smallest absolute Gasteiger partial charge is 0.334 e. The van der Waals surface area contributed by atoms with Crippen LogP contribution in [0.2, 0.25) is 0 Å². The summed E-state index contributed by atoms with van der Waals surface area (Å²) in [6, 6.07) is -0.0474. The molecule has 3 aliphatic carbocycles. The number of nitrogens with one attached hydrogen (secondary N) is 2. The lowest BCUT2D eigenvalue weighted by molar-refractivity contribution is -0.141. The number of hydrogen-bond donors (Lipinski definition) is 2. The zero-order valence-corrected chi connectivity index (χ0v) is 23.0. The highest BCUT2D eigenvalue weighted by Gasteiger charge is 2.61. The fourth-order valence-corrected chi connectivity index (χ4v) is 8.35. The van der Waals surface area contributed by atoms with Gasteiger partial charge >= 0.3 is 6.03 Å². The third-order valence-electron chi connectivity index (χ3n) is 9.79. The van der Waals surface area contributed by atoms with Gasteiger partial charge in [0.25, 0.3) is 0 Å². The summed E-state index contributed by atoms with van der Waals surface area (Å²) < 4.78 is 2.87. The molecule has 35 heavy (non-hydrogen) atoms. The Hall–Kier alpha value is -1.54. The average Bonchev–Trinajstić information content (AvgIpc) is 3.17. The molecule has 1 heterocycles. The molecule has 4 rings (SSSR count). The van der Waals surface area contributed by atoms with Crippen LogP contribution in [0.5, 0.6) is 0 Å². The van der Waals surface area contributed by atoms with Gasteiger partial charge in [-0.2, -0.15) is 0 Å².